The topological polar surface area (TPSA) is 89.8 Å². The number of halogens is 1. The molecule has 4 aromatic rings. The van der Waals surface area contributed by atoms with Crippen LogP contribution in [-0.2, 0) is 14.3 Å². The van der Waals surface area contributed by atoms with Crippen molar-refractivity contribution in [3.8, 4) is 0 Å². The molecule has 3 aromatic carbocycles. The first-order valence-electron chi connectivity index (χ1n) is 11.9. The number of anilines is 1. The van der Waals surface area contributed by atoms with Gasteiger partial charge in [0.2, 0.25) is 0 Å². The smallest absolute Gasteiger partial charge is 0.338 e. The first-order chi connectivity index (χ1) is 18.5. The van der Waals surface area contributed by atoms with Gasteiger partial charge in [-0.25, -0.2) is 9.79 Å². The molecule has 0 spiro atoms. The highest BCUT2D eigenvalue weighted by Crippen LogP contribution is 2.36. The predicted octanol–water partition coefficient (Wildman–Crippen LogP) is 4.02. The maximum absolute atomic E-state index is 14.1. The highest BCUT2D eigenvalue weighted by molar-refractivity contribution is 9.10. The standard InChI is InChI=1S/C29H20BrN3O4S/c1-2-37-28(36)22-23(16-9-5-3-6-10-16)32-29-33(24(22)17-11-7-4-8-12-17)27(35)25(38-29)21-19-15-18(30)13-14-20(19)31-26(21)34/h3-15,24H,2H2,1H3,(H,31,34)/b25-21-/t24-/m1/s1. The summed E-state index contributed by atoms with van der Waals surface area (Å²) in [5, 5.41) is 2.85. The van der Waals surface area contributed by atoms with E-state index in [0.29, 0.717) is 27.3 Å². The van der Waals surface area contributed by atoms with Crippen LogP contribution in [0.15, 0.2) is 98.7 Å². The maximum atomic E-state index is 14.1. The number of amides is 1. The molecule has 0 bridgehead atoms. The number of hydrogen-bond acceptors (Lipinski definition) is 6. The molecule has 9 heteroatoms. The molecule has 0 radical (unpaired) electrons. The fourth-order valence-electron chi connectivity index (χ4n) is 4.81. The van der Waals surface area contributed by atoms with E-state index in [-0.39, 0.29) is 22.6 Å². The van der Waals surface area contributed by atoms with E-state index in [1.807, 2.05) is 72.8 Å². The number of aromatic nitrogens is 1. The average molecular weight is 586 g/mol. The van der Waals surface area contributed by atoms with E-state index in [1.165, 1.54) is 4.57 Å². The van der Waals surface area contributed by atoms with Crippen molar-refractivity contribution in [2.45, 2.75) is 13.0 Å². The summed E-state index contributed by atoms with van der Waals surface area (Å²) in [6.45, 7) is 1.91. The van der Waals surface area contributed by atoms with Crippen LogP contribution in [0.5, 0.6) is 0 Å². The number of carbonyl (C=O) groups excluding carboxylic acids is 2. The Morgan fingerprint density at radius 1 is 1.05 bits per heavy atom. The van der Waals surface area contributed by atoms with Gasteiger partial charge >= 0.3 is 5.97 Å². The van der Waals surface area contributed by atoms with Crippen LogP contribution in [0.4, 0.5) is 5.69 Å². The van der Waals surface area contributed by atoms with Crippen molar-refractivity contribution in [1.29, 1.82) is 0 Å². The lowest BCUT2D eigenvalue weighted by Crippen LogP contribution is -2.40. The third kappa shape index (κ3) is 3.95. The number of nitrogens with one attached hydrogen (secondary N) is 1. The zero-order chi connectivity index (χ0) is 26.4. The monoisotopic (exact) mass is 585 g/mol. The van der Waals surface area contributed by atoms with Crippen molar-refractivity contribution in [2.24, 2.45) is 4.99 Å². The normalized spacial score (nSPS) is 17.4. The van der Waals surface area contributed by atoms with Crippen molar-refractivity contribution >= 4 is 56.1 Å². The molecule has 188 valence electrons. The highest BCUT2D eigenvalue weighted by atomic mass is 79.9. The van der Waals surface area contributed by atoms with E-state index < -0.39 is 17.6 Å². The first kappa shape index (κ1) is 24.3. The second-order valence-corrected chi connectivity index (χ2v) is 10.6. The molecule has 0 saturated heterocycles. The first-order valence-corrected chi connectivity index (χ1v) is 13.6. The van der Waals surface area contributed by atoms with Gasteiger partial charge in [-0.1, -0.05) is 87.9 Å². The van der Waals surface area contributed by atoms with Crippen molar-refractivity contribution in [3.05, 3.63) is 125 Å². The molecule has 38 heavy (non-hydrogen) atoms. The van der Waals surface area contributed by atoms with E-state index in [4.69, 9.17) is 9.73 Å². The summed E-state index contributed by atoms with van der Waals surface area (Å²) >= 11 is 4.60. The molecule has 7 nitrogen and oxygen atoms in total. The number of rotatable bonds is 4. The lowest BCUT2D eigenvalue weighted by atomic mass is 9.93. The summed E-state index contributed by atoms with van der Waals surface area (Å²) in [6, 6.07) is 23.3. The minimum absolute atomic E-state index is 0.173. The lowest BCUT2D eigenvalue weighted by molar-refractivity contribution is -0.138. The van der Waals surface area contributed by atoms with E-state index in [0.717, 1.165) is 26.9 Å². The second-order valence-electron chi connectivity index (χ2n) is 8.68. The van der Waals surface area contributed by atoms with Crippen LogP contribution in [0.2, 0.25) is 0 Å². The predicted molar refractivity (Wildman–Crippen MR) is 149 cm³/mol. The van der Waals surface area contributed by atoms with Crippen LogP contribution >= 0.6 is 27.3 Å². The van der Waals surface area contributed by atoms with Crippen LogP contribution in [0.25, 0.3) is 11.3 Å². The van der Waals surface area contributed by atoms with Gasteiger partial charge in [-0.15, -0.1) is 0 Å². The molecular weight excluding hydrogens is 566 g/mol. The van der Waals surface area contributed by atoms with Gasteiger partial charge in [0, 0.05) is 21.3 Å². The molecule has 1 aromatic heterocycles. The molecule has 3 heterocycles. The van der Waals surface area contributed by atoms with Gasteiger partial charge in [0.1, 0.15) is 4.53 Å². The maximum Gasteiger partial charge on any atom is 0.338 e. The third-order valence-corrected chi connectivity index (χ3v) is 7.96. The van der Waals surface area contributed by atoms with Gasteiger partial charge in [0.15, 0.2) is 4.80 Å². The van der Waals surface area contributed by atoms with Crippen molar-refractivity contribution in [2.75, 3.05) is 11.9 Å². The number of ether oxygens (including phenoxy) is 1. The number of esters is 1. The summed E-state index contributed by atoms with van der Waals surface area (Å²) < 4.78 is 8.03. The molecular formula is C29H20BrN3O4S. The molecule has 0 aliphatic carbocycles. The zero-order valence-electron chi connectivity index (χ0n) is 20.1. The third-order valence-electron chi connectivity index (χ3n) is 6.42. The SMILES string of the molecule is CCOC(=O)C1=C(c2ccccc2)N=c2s/c(=C3\C(=O)Nc4ccc(Br)cc43)c(=O)n2[C@@H]1c1ccccc1. The molecule has 0 saturated carbocycles. The van der Waals surface area contributed by atoms with E-state index in [9.17, 15) is 14.4 Å². The molecule has 0 unspecified atom stereocenters. The van der Waals surface area contributed by atoms with Crippen LogP contribution in [-0.4, -0.2) is 23.1 Å². The molecule has 6 rings (SSSR count). The van der Waals surface area contributed by atoms with Crippen LogP contribution in [0, 0.1) is 0 Å². The van der Waals surface area contributed by atoms with Gasteiger partial charge in [-0.2, -0.15) is 0 Å². The minimum Gasteiger partial charge on any atom is -0.463 e. The number of carbonyl (C=O) groups is 2. The number of hydrogen-bond donors (Lipinski definition) is 1. The summed E-state index contributed by atoms with van der Waals surface area (Å²) in [7, 11) is 0. The Hall–Kier alpha value is -4.08. The average Bonchev–Trinajstić information content (AvgIpc) is 3.43. The van der Waals surface area contributed by atoms with Gasteiger partial charge in [-0.3, -0.25) is 14.2 Å². The van der Waals surface area contributed by atoms with Gasteiger partial charge in [0.05, 0.1) is 29.5 Å². The van der Waals surface area contributed by atoms with Crippen molar-refractivity contribution in [1.82, 2.24) is 4.57 Å². The number of thiazole rings is 1. The molecule has 1 N–H and O–H groups in total. The summed E-state index contributed by atoms with van der Waals surface area (Å²) in [6.07, 6.45) is 0. The Morgan fingerprint density at radius 3 is 2.47 bits per heavy atom. The molecule has 2 aliphatic heterocycles. The van der Waals surface area contributed by atoms with E-state index >= 15 is 0 Å². The van der Waals surface area contributed by atoms with E-state index in [2.05, 4.69) is 21.2 Å². The van der Waals surface area contributed by atoms with Gasteiger partial charge in [-0.05, 0) is 30.7 Å². The molecule has 0 fully saturated rings. The van der Waals surface area contributed by atoms with Crippen LogP contribution in [0.3, 0.4) is 0 Å². The number of fused-ring (bicyclic) bond motifs is 2. The minimum atomic E-state index is -0.789. The van der Waals surface area contributed by atoms with E-state index in [1.54, 1.807) is 13.0 Å². The van der Waals surface area contributed by atoms with Gasteiger partial charge < -0.3 is 10.1 Å². The Labute approximate surface area is 229 Å². The number of nitrogens with zero attached hydrogens (tertiary/aromatic N) is 2. The molecule has 1 amide bonds. The largest absolute Gasteiger partial charge is 0.463 e. The quantitative estimate of drug-likeness (QED) is 0.366. The Morgan fingerprint density at radius 2 is 1.76 bits per heavy atom. The summed E-state index contributed by atoms with van der Waals surface area (Å²) in [5.74, 6) is -0.901. The van der Waals surface area contributed by atoms with Crippen LogP contribution in [0.1, 0.15) is 29.7 Å². The lowest BCUT2D eigenvalue weighted by Gasteiger charge is -2.25. The Kier molecular flexibility index (Phi) is 6.17. The zero-order valence-corrected chi connectivity index (χ0v) is 22.5. The van der Waals surface area contributed by atoms with Crippen LogP contribution < -0.4 is 20.2 Å². The summed E-state index contributed by atoms with van der Waals surface area (Å²) in [4.78, 5) is 45.9. The summed E-state index contributed by atoms with van der Waals surface area (Å²) in [5.41, 5.74) is 3.34. The van der Waals surface area contributed by atoms with Gasteiger partial charge in [0.25, 0.3) is 11.5 Å². The number of benzene rings is 3. The fraction of sp³-hybridized carbons (Fsp3) is 0.103. The molecule has 1 atom stereocenters. The Bertz CT molecular complexity index is 1830. The van der Waals surface area contributed by atoms with Crippen molar-refractivity contribution in [3.63, 3.8) is 0 Å². The fourth-order valence-corrected chi connectivity index (χ4v) is 6.26. The second kappa shape index (κ2) is 9.66. The molecule has 2 aliphatic rings. The van der Waals surface area contributed by atoms with Crippen molar-refractivity contribution < 1.29 is 14.3 Å². The Balaban J connectivity index is 1.72. The highest BCUT2D eigenvalue weighted by Gasteiger charge is 2.36.